The number of hydrogen-bond acceptors (Lipinski definition) is 10. The van der Waals surface area contributed by atoms with E-state index in [0.29, 0.717) is 23.5 Å². The summed E-state index contributed by atoms with van der Waals surface area (Å²) in [4.78, 5) is 38.0. The maximum atomic E-state index is 14.7. The van der Waals surface area contributed by atoms with Crippen LogP contribution in [-0.2, 0) is 47.7 Å². The number of fused-ring (bicyclic) bond motifs is 1. The van der Waals surface area contributed by atoms with Crippen molar-refractivity contribution in [3.05, 3.63) is 69.8 Å². The lowest BCUT2D eigenvalue weighted by molar-refractivity contribution is -0.156. The Morgan fingerprint density at radius 1 is 1.16 bits per heavy atom. The molecule has 2 unspecified atom stereocenters. The van der Waals surface area contributed by atoms with Crippen LogP contribution in [0.15, 0.2) is 42.0 Å². The Morgan fingerprint density at radius 2 is 1.79 bits per heavy atom. The minimum Gasteiger partial charge on any atom is -0.496 e. The highest BCUT2D eigenvalue weighted by Crippen LogP contribution is 2.44. The van der Waals surface area contributed by atoms with Gasteiger partial charge >= 0.3 is 24.1 Å². The van der Waals surface area contributed by atoms with Crippen molar-refractivity contribution >= 4 is 27.9 Å². The quantitative estimate of drug-likeness (QED) is 0.215. The average molecular weight is 630 g/mol. The molecule has 234 valence electrons. The number of hydrogen-bond donors (Lipinski definition) is 2. The molecule has 11 nitrogen and oxygen atoms in total. The van der Waals surface area contributed by atoms with E-state index in [9.17, 15) is 41.1 Å². The van der Waals surface area contributed by atoms with E-state index in [-0.39, 0.29) is 41.2 Å². The molecular weight excluding hydrogens is 599 g/mol. The number of ether oxygens (including phenoxy) is 4. The third-order valence-corrected chi connectivity index (χ3v) is 7.46. The minimum absolute atomic E-state index is 0.0141. The molecule has 43 heavy (non-hydrogen) atoms. The third kappa shape index (κ3) is 6.68. The zero-order valence-electron chi connectivity index (χ0n) is 23.8. The van der Waals surface area contributed by atoms with E-state index in [2.05, 4.69) is 0 Å². The van der Waals surface area contributed by atoms with Gasteiger partial charge in [0.25, 0.3) is 0 Å². The van der Waals surface area contributed by atoms with Crippen molar-refractivity contribution < 1.29 is 60.0 Å². The standard InChI is InChI=1S/C28H30F3NO10S/c1-6-20(33)42-23-17(22(39-3)15(2)18-14-41-25(35)21(18)23)12-13-19(28(29,30)31)24(34)27(26(36)40-4,32-43(5,37)38)16-10-8-7-9-11-16/h7-11,13,24,32,34H,6,12,14H2,1-5H3. The van der Waals surface area contributed by atoms with E-state index in [0.717, 1.165) is 19.2 Å². The summed E-state index contributed by atoms with van der Waals surface area (Å²) in [5.74, 6) is -3.60. The number of nitrogens with one attached hydrogen (secondary N) is 1. The van der Waals surface area contributed by atoms with Crippen LogP contribution in [0.2, 0.25) is 0 Å². The number of rotatable bonds is 11. The molecule has 0 spiro atoms. The fourth-order valence-corrected chi connectivity index (χ4v) is 5.73. The number of carbonyl (C=O) groups is 3. The first-order chi connectivity index (χ1) is 20.0. The third-order valence-electron chi connectivity index (χ3n) is 6.77. The van der Waals surface area contributed by atoms with Crippen LogP contribution in [0.1, 0.15) is 46.0 Å². The number of allylic oxidation sites excluding steroid dienone is 1. The summed E-state index contributed by atoms with van der Waals surface area (Å²) in [6.07, 6.45) is -8.05. The zero-order valence-corrected chi connectivity index (χ0v) is 24.6. The summed E-state index contributed by atoms with van der Waals surface area (Å²) >= 11 is 0. The van der Waals surface area contributed by atoms with Gasteiger partial charge in [0.2, 0.25) is 10.0 Å². The van der Waals surface area contributed by atoms with Crippen molar-refractivity contribution in [1.82, 2.24) is 4.72 Å². The van der Waals surface area contributed by atoms with Crippen molar-refractivity contribution in [1.29, 1.82) is 0 Å². The van der Waals surface area contributed by atoms with Gasteiger partial charge in [0.1, 0.15) is 24.0 Å². The molecule has 0 amide bonds. The Kier molecular flexibility index (Phi) is 9.93. The number of alkyl halides is 3. The van der Waals surface area contributed by atoms with Crippen LogP contribution in [0.5, 0.6) is 11.5 Å². The second-order valence-corrected chi connectivity index (χ2v) is 11.3. The molecular formula is C28H30F3NO10S. The number of aliphatic hydroxyl groups excluding tert-OH is 1. The minimum atomic E-state index is -5.34. The number of aliphatic hydroxyl groups is 1. The molecule has 0 aromatic heterocycles. The number of methoxy groups -OCH3 is 2. The first-order valence-electron chi connectivity index (χ1n) is 12.7. The smallest absolute Gasteiger partial charge is 0.414 e. The van der Waals surface area contributed by atoms with Gasteiger partial charge in [-0.3, -0.25) is 4.79 Å². The van der Waals surface area contributed by atoms with Crippen LogP contribution in [0.3, 0.4) is 0 Å². The molecule has 1 aliphatic rings. The monoisotopic (exact) mass is 629 g/mol. The molecule has 3 rings (SSSR count). The lowest BCUT2D eigenvalue weighted by atomic mass is 9.81. The van der Waals surface area contributed by atoms with Gasteiger partial charge in [-0.2, -0.15) is 17.9 Å². The second-order valence-electron chi connectivity index (χ2n) is 9.53. The Hall–Kier alpha value is -3.95. The van der Waals surface area contributed by atoms with Crippen molar-refractivity contribution in [2.45, 2.75) is 51.1 Å². The number of benzene rings is 2. The molecule has 0 aliphatic carbocycles. The summed E-state index contributed by atoms with van der Waals surface area (Å²) < 4.78 is 91.3. The molecule has 2 aromatic rings. The van der Waals surface area contributed by atoms with Crippen LogP contribution < -0.4 is 14.2 Å². The van der Waals surface area contributed by atoms with Crippen LogP contribution in [0.4, 0.5) is 13.2 Å². The first kappa shape index (κ1) is 33.6. The molecule has 1 heterocycles. The SMILES string of the molecule is CCC(=O)Oc1c(CC=C(C(O)C(NS(C)(=O)=O)(C(=O)OC)c2ccccc2)C(F)(F)F)c(OC)c(C)c2c1C(=O)OC2. The van der Waals surface area contributed by atoms with Gasteiger partial charge in [-0.05, 0) is 24.5 Å². The zero-order chi connectivity index (χ0) is 32.3. The van der Waals surface area contributed by atoms with Gasteiger partial charge in [0.05, 0.1) is 26.0 Å². The highest BCUT2D eigenvalue weighted by atomic mass is 32.2. The Labute approximate surface area is 245 Å². The molecule has 15 heteroatoms. The fraction of sp³-hybridized carbons (Fsp3) is 0.393. The Morgan fingerprint density at radius 3 is 2.30 bits per heavy atom. The number of carbonyl (C=O) groups excluding carboxylic acids is 3. The van der Waals surface area contributed by atoms with Gasteiger partial charge in [-0.25, -0.2) is 18.0 Å². The molecule has 0 radical (unpaired) electrons. The van der Waals surface area contributed by atoms with E-state index in [4.69, 9.17) is 18.9 Å². The molecule has 2 N–H and O–H groups in total. The molecule has 0 bridgehead atoms. The molecule has 1 aliphatic heterocycles. The molecule has 0 saturated heterocycles. The fourth-order valence-electron chi connectivity index (χ4n) is 4.83. The van der Waals surface area contributed by atoms with Gasteiger partial charge < -0.3 is 24.1 Å². The summed E-state index contributed by atoms with van der Waals surface area (Å²) in [7, 11) is -2.42. The largest absolute Gasteiger partial charge is 0.496 e. The number of halogens is 3. The van der Waals surface area contributed by atoms with Crippen molar-refractivity contribution in [2.75, 3.05) is 20.5 Å². The highest BCUT2D eigenvalue weighted by molar-refractivity contribution is 7.88. The summed E-state index contributed by atoms with van der Waals surface area (Å²) in [5, 5.41) is 11.4. The summed E-state index contributed by atoms with van der Waals surface area (Å²) in [6, 6.07) is 6.41. The molecule has 2 aromatic carbocycles. The highest BCUT2D eigenvalue weighted by Gasteiger charge is 2.56. The van der Waals surface area contributed by atoms with Gasteiger partial charge in [-0.1, -0.05) is 43.3 Å². The van der Waals surface area contributed by atoms with E-state index in [1.54, 1.807) is 0 Å². The number of esters is 3. The van der Waals surface area contributed by atoms with Crippen LogP contribution in [-0.4, -0.2) is 64.2 Å². The summed E-state index contributed by atoms with van der Waals surface area (Å²) in [5.41, 5.74) is -4.74. The molecule has 0 fully saturated rings. The van der Waals surface area contributed by atoms with Gasteiger partial charge in [-0.15, -0.1) is 0 Å². The van der Waals surface area contributed by atoms with E-state index < -0.39 is 57.7 Å². The predicted molar refractivity (Wildman–Crippen MR) is 145 cm³/mol. The average Bonchev–Trinajstić information content (AvgIpc) is 3.33. The second kappa shape index (κ2) is 12.7. The maximum absolute atomic E-state index is 14.7. The maximum Gasteiger partial charge on any atom is 0.414 e. The van der Waals surface area contributed by atoms with Crippen LogP contribution in [0.25, 0.3) is 0 Å². The number of cyclic esters (lactones) is 1. The molecule has 0 saturated carbocycles. The normalized spacial score (nSPS) is 15.7. The number of sulfonamides is 1. The van der Waals surface area contributed by atoms with Crippen LogP contribution in [0, 0.1) is 6.92 Å². The lowest BCUT2D eigenvalue weighted by Gasteiger charge is -2.37. The predicted octanol–water partition coefficient (Wildman–Crippen LogP) is 3.00. The van der Waals surface area contributed by atoms with E-state index in [1.807, 2.05) is 4.72 Å². The first-order valence-corrected chi connectivity index (χ1v) is 14.6. The van der Waals surface area contributed by atoms with Crippen LogP contribution >= 0.6 is 0 Å². The van der Waals surface area contributed by atoms with Crippen molar-refractivity contribution in [3.63, 3.8) is 0 Å². The molecule has 2 atom stereocenters. The van der Waals surface area contributed by atoms with E-state index in [1.165, 1.54) is 39.2 Å². The lowest BCUT2D eigenvalue weighted by Crippen LogP contribution is -2.61. The van der Waals surface area contributed by atoms with Crippen molar-refractivity contribution in [2.24, 2.45) is 0 Å². The Bertz CT molecular complexity index is 1550. The summed E-state index contributed by atoms with van der Waals surface area (Å²) in [6.45, 7) is 2.81. The van der Waals surface area contributed by atoms with E-state index >= 15 is 0 Å². The topological polar surface area (TPSA) is 155 Å². The van der Waals surface area contributed by atoms with Gasteiger partial charge in [0, 0.05) is 17.5 Å². The van der Waals surface area contributed by atoms with Gasteiger partial charge in [0.15, 0.2) is 11.3 Å². The van der Waals surface area contributed by atoms with Crippen molar-refractivity contribution in [3.8, 4) is 11.5 Å². The Balaban J connectivity index is 2.34.